The fourth-order valence-corrected chi connectivity index (χ4v) is 2.70. The van der Waals surface area contributed by atoms with E-state index in [0.717, 1.165) is 5.69 Å². The maximum Gasteiger partial charge on any atom is 0.329 e. The summed E-state index contributed by atoms with van der Waals surface area (Å²) in [6.07, 6.45) is 2.62. The average Bonchev–Trinajstić information content (AvgIpc) is 3.17. The number of benzene rings is 1. The van der Waals surface area contributed by atoms with Crippen molar-refractivity contribution in [3.05, 3.63) is 36.2 Å². The molecule has 1 unspecified atom stereocenters. The number of carboxylic acid groups (broad SMARTS) is 1. The van der Waals surface area contributed by atoms with Crippen LogP contribution in [0.5, 0.6) is 0 Å². The summed E-state index contributed by atoms with van der Waals surface area (Å²) in [4.78, 5) is 25.5. The van der Waals surface area contributed by atoms with E-state index in [1.807, 2.05) is 0 Å². The molecule has 0 spiro atoms. The monoisotopic (exact) mass is 301 g/mol. The summed E-state index contributed by atoms with van der Waals surface area (Å²) in [5.74, 6) is -1.24. The second kappa shape index (κ2) is 5.21. The number of aliphatic carboxylic acids is 1. The maximum atomic E-state index is 12.6. The molecule has 2 aromatic rings. The summed E-state index contributed by atoms with van der Waals surface area (Å²) in [5, 5.41) is 20.3. The van der Waals surface area contributed by atoms with Gasteiger partial charge in [0, 0.05) is 12.1 Å². The van der Waals surface area contributed by atoms with Gasteiger partial charge < -0.3 is 10.0 Å². The van der Waals surface area contributed by atoms with Gasteiger partial charge >= 0.3 is 5.97 Å². The van der Waals surface area contributed by atoms with Gasteiger partial charge in [0.15, 0.2) is 0 Å². The molecular weight excluding hydrogens is 286 g/mol. The van der Waals surface area contributed by atoms with Crippen LogP contribution < -0.4 is 0 Å². The lowest BCUT2D eigenvalue weighted by molar-refractivity contribution is -0.147. The first-order chi connectivity index (χ1) is 10.5. The third kappa shape index (κ3) is 2.22. The number of carbonyl (C=O) groups excluding carboxylic acids is 1. The Balaban J connectivity index is 1.85. The zero-order valence-corrected chi connectivity index (χ0v) is 12.0. The summed E-state index contributed by atoms with van der Waals surface area (Å²) in [6.45, 7) is 2.05. The van der Waals surface area contributed by atoms with Gasteiger partial charge in [0.25, 0.3) is 5.91 Å². The van der Waals surface area contributed by atoms with Crippen molar-refractivity contribution >= 4 is 11.9 Å². The number of carboxylic acids is 1. The second-order valence-electron chi connectivity index (χ2n) is 5.44. The molecular formula is C14H15N5O3. The number of rotatable bonds is 3. The number of likely N-dealkylation sites (tertiary alicyclic amines) is 1. The molecule has 0 saturated carbocycles. The molecule has 1 N–H and O–H groups in total. The predicted octanol–water partition coefficient (Wildman–Crippen LogP) is 0.742. The number of hydrogen-bond acceptors (Lipinski definition) is 5. The van der Waals surface area contributed by atoms with Gasteiger partial charge in [-0.2, -0.15) is 0 Å². The molecule has 0 bridgehead atoms. The Hall–Kier alpha value is -2.77. The van der Waals surface area contributed by atoms with Gasteiger partial charge in [-0.3, -0.25) is 4.79 Å². The minimum Gasteiger partial charge on any atom is -0.480 e. The molecule has 1 aromatic heterocycles. The average molecular weight is 301 g/mol. The number of amides is 1. The van der Waals surface area contributed by atoms with E-state index in [2.05, 4.69) is 15.5 Å². The van der Waals surface area contributed by atoms with Crippen LogP contribution in [0, 0.1) is 0 Å². The van der Waals surface area contributed by atoms with Gasteiger partial charge in [-0.25, -0.2) is 9.48 Å². The number of nitrogens with zero attached hydrogens (tertiary/aromatic N) is 5. The van der Waals surface area contributed by atoms with Crippen LogP contribution in [0.15, 0.2) is 30.6 Å². The van der Waals surface area contributed by atoms with Crippen molar-refractivity contribution in [2.75, 3.05) is 6.54 Å². The number of hydrogen-bond donors (Lipinski definition) is 1. The Morgan fingerprint density at radius 2 is 2.00 bits per heavy atom. The highest BCUT2D eigenvalue weighted by Gasteiger charge is 2.46. The van der Waals surface area contributed by atoms with Crippen LogP contribution in [0.1, 0.15) is 30.1 Å². The zero-order chi connectivity index (χ0) is 15.7. The Kier molecular flexibility index (Phi) is 3.36. The summed E-state index contributed by atoms with van der Waals surface area (Å²) in [5.41, 5.74) is 0.0427. The molecule has 3 rings (SSSR count). The Morgan fingerprint density at radius 3 is 2.59 bits per heavy atom. The maximum absolute atomic E-state index is 12.6. The van der Waals surface area contributed by atoms with Crippen molar-refractivity contribution in [3.63, 3.8) is 0 Å². The van der Waals surface area contributed by atoms with Crippen LogP contribution in [0.3, 0.4) is 0 Å². The molecule has 8 nitrogen and oxygen atoms in total. The van der Waals surface area contributed by atoms with E-state index >= 15 is 0 Å². The molecule has 1 atom stereocenters. The highest BCUT2D eigenvalue weighted by molar-refractivity contribution is 5.98. The Bertz CT molecular complexity index is 698. The van der Waals surface area contributed by atoms with Crippen LogP contribution in [-0.2, 0) is 4.79 Å². The number of aromatic nitrogens is 4. The molecule has 22 heavy (non-hydrogen) atoms. The van der Waals surface area contributed by atoms with Crippen molar-refractivity contribution in [2.45, 2.75) is 25.3 Å². The van der Waals surface area contributed by atoms with Crippen LogP contribution in [-0.4, -0.2) is 54.2 Å². The predicted molar refractivity (Wildman–Crippen MR) is 75.5 cm³/mol. The first-order valence-electron chi connectivity index (χ1n) is 6.91. The van der Waals surface area contributed by atoms with Crippen molar-refractivity contribution < 1.29 is 14.7 Å². The fourth-order valence-electron chi connectivity index (χ4n) is 2.70. The van der Waals surface area contributed by atoms with E-state index in [1.54, 1.807) is 31.2 Å². The molecule has 0 radical (unpaired) electrons. The van der Waals surface area contributed by atoms with Crippen molar-refractivity contribution in [2.24, 2.45) is 0 Å². The zero-order valence-electron chi connectivity index (χ0n) is 12.0. The van der Waals surface area contributed by atoms with E-state index in [1.165, 1.54) is 15.9 Å². The Morgan fingerprint density at radius 1 is 1.27 bits per heavy atom. The fraction of sp³-hybridized carbons (Fsp3) is 0.357. The minimum atomic E-state index is -1.13. The quantitative estimate of drug-likeness (QED) is 0.897. The van der Waals surface area contributed by atoms with Gasteiger partial charge in [0.2, 0.25) is 0 Å². The van der Waals surface area contributed by atoms with E-state index < -0.39 is 11.5 Å². The highest BCUT2D eigenvalue weighted by atomic mass is 16.4. The topological polar surface area (TPSA) is 101 Å². The third-order valence-corrected chi connectivity index (χ3v) is 4.07. The van der Waals surface area contributed by atoms with Gasteiger partial charge in [-0.05, 0) is 54.5 Å². The van der Waals surface area contributed by atoms with E-state index in [9.17, 15) is 14.7 Å². The molecule has 114 valence electrons. The van der Waals surface area contributed by atoms with Crippen molar-refractivity contribution in [3.8, 4) is 5.69 Å². The van der Waals surface area contributed by atoms with E-state index in [4.69, 9.17) is 0 Å². The van der Waals surface area contributed by atoms with Crippen molar-refractivity contribution in [1.29, 1.82) is 0 Å². The molecule has 8 heteroatoms. The lowest BCUT2D eigenvalue weighted by Crippen LogP contribution is -2.50. The van der Waals surface area contributed by atoms with Gasteiger partial charge in [-0.15, -0.1) is 5.10 Å². The van der Waals surface area contributed by atoms with Crippen molar-refractivity contribution in [1.82, 2.24) is 25.1 Å². The molecule has 0 aliphatic carbocycles. The smallest absolute Gasteiger partial charge is 0.329 e. The first-order valence-corrected chi connectivity index (χ1v) is 6.91. The highest BCUT2D eigenvalue weighted by Crippen LogP contribution is 2.30. The standard InChI is InChI=1S/C14H15N5O3/c1-14(13(21)22)7-2-8-18(14)12(20)10-3-5-11(6-4-10)19-9-15-16-17-19/h3-6,9H,2,7-8H2,1H3,(H,21,22). The van der Waals surface area contributed by atoms with Crippen LogP contribution in [0.25, 0.3) is 5.69 Å². The number of carbonyl (C=O) groups is 2. The summed E-state index contributed by atoms with van der Waals surface area (Å²) >= 11 is 0. The van der Waals surface area contributed by atoms with Gasteiger partial charge in [0.05, 0.1) is 5.69 Å². The van der Waals surface area contributed by atoms with E-state index in [0.29, 0.717) is 24.9 Å². The van der Waals surface area contributed by atoms with E-state index in [-0.39, 0.29) is 5.91 Å². The molecule has 1 fully saturated rings. The largest absolute Gasteiger partial charge is 0.480 e. The van der Waals surface area contributed by atoms with Gasteiger partial charge in [-0.1, -0.05) is 0 Å². The lowest BCUT2D eigenvalue weighted by atomic mass is 9.98. The lowest BCUT2D eigenvalue weighted by Gasteiger charge is -2.31. The molecule has 1 amide bonds. The van der Waals surface area contributed by atoms with Gasteiger partial charge in [0.1, 0.15) is 11.9 Å². The molecule has 1 aliphatic heterocycles. The molecule has 1 aromatic carbocycles. The first kappa shape index (κ1) is 14.2. The molecule has 1 aliphatic rings. The number of tetrazole rings is 1. The summed E-state index contributed by atoms with van der Waals surface area (Å²) in [6, 6.07) is 6.75. The third-order valence-electron chi connectivity index (χ3n) is 4.07. The minimum absolute atomic E-state index is 0.273. The summed E-state index contributed by atoms with van der Waals surface area (Å²) < 4.78 is 1.48. The normalized spacial score (nSPS) is 21.0. The molecule has 1 saturated heterocycles. The summed E-state index contributed by atoms with van der Waals surface area (Å²) in [7, 11) is 0. The van der Waals surface area contributed by atoms with Crippen LogP contribution in [0.4, 0.5) is 0 Å². The molecule has 2 heterocycles. The SMILES string of the molecule is CC1(C(=O)O)CCCN1C(=O)c1ccc(-n2cnnn2)cc1. The second-order valence-corrected chi connectivity index (χ2v) is 5.44. The van der Waals surface area contributed by atoms with Crippen LogP contribution in [0.2, 0.25) is 0 Å². The van der Waals surface area contributed by atoms with Crippen LogP contribution >= 0.6 is 0 Å². The Labute approximate surface area is 126 Å².